The Labute approximate surface area is 59.8 Å². The van der Waals surface area contributed by atoms with E-state index in [4.69, 9.17) is 10.5 Å². The second kappa shape index (κ2) is 4.46. The van der Waals surface area contributed by atoms with Crippen molar-refractivity contribution in [2.75, 3.05) is 0 Å². The molecule has 0 aliphatic rings. The zero-order valence-corrected chi connectivity index (χ0v) is 5.94. The molecule has 0 saturated carbocycles. The topological polar surface area (TPSA) is 72.3 Å². The first-order valence-corrected chi connectivity index (χ1v) is 2.90. The summed E-state index contributed by atoms with van der Waals surface area (Å²) in [5, 5.41) is 23.6. The quantitative estimate of drug-likeness (QED) is 0.536. The molecule has 0 aromatic carbocycles. The lowest BCUT2D eigenvalue weighted by Crippen LogP contribution is -1.95. The van der Waals surface area contributed by atoms with Crippen molar-refractivity contribution in [2.45, 2.75) is 25.9 Å². The fourth-order valence-electron chi connectivity index (χ4n) is 0.252. The molecule has 0 bridgehead atoms. The zero-order chi connectivity index (χ0) is 7.98. The molecular formula is C6H8N4. The van der Waals surface area contributed by atoms with Gasteiger partial charge in [0.1, 0.15) is 0 Å². The molecule has 52 valence electrons. The molecule has 4 heteroatoms. The fraction of sp³-hybridized carbons (Fsp3) is 0.667. The van der Waals surface area contributed by atoms with E-state index in [0.717, 1.165) is 0 Å². The van der Waals surface area contributed by atoms with Gasteiger partial charge in [-0.15, -0.1) is 0 Å². The Bertz CT molecular complexity index is 173. The molecule has 0 heterocycles. The summed E-state index contributed by atoms with van der Waals surface area (Å²) in [5.41, 5.74) is 0. The van der Waals surface area contributed by atoms with Crippen molar-refractivity contribution < 1.29 is 0 Å². The number of rotatable bonds is 2. The number of nitrogens with zero attached hydrogens (tertiary/aromatic N) is 4. The molecule has 0 spiro atoms. The van der Waals surface area contributed by atoms with Gasteiger partial charge in [0.15, 0.2) is 12.1 Å². The van der Waals surface area contributed by atoms with E-state index in [0.29, 0.717) is 0 Å². The maximum Gasteiger partial charge on any atom is 0.154 e. The fourth-order valence-corrected chi connectivity index (χ4v) is 0.252. The van der Waals surface area contributed by atoms with Crippen LogP contribution >= 0.6 is 0 Å². The first-order valence-electron chi connectivity index (χ1n) is 2.90. The van der Waals surface area contributed by atoms with E-state index >= 15 is 0 Å². The zero-order valence-electron chi connectivity index (χ0n) is 5.94. The van der Waals surface area contributed by atoms with Crippen LogP contribution < -0.4 is 0 Å². The first kappa shape index (κ1) is 8.58. The number of azo groups is 1. The van der Waals surface area contributed by atoms with Crippen LogP contribution in [-0.4, -0.2) is 12.1 Å². The molecule has 2 unspecified atom stereocenters. The Morgan fingerprint density at radius 3 is 1.50 bits per heavy atom. The molecule has 4 nitrogen and oxygen atoms in total. The van der Waals surface area contributed by atoms with Gasteiger partial charge in [0.05, 0.1) is 12.1 Å². The van der Waals surface area contributed by atoms with Gasteiger partial charge >= 0.3 is 0 Å². The van der Waals surface area contributed by atoms with Crippen LogP contribution in [0.4, 0.5) is 0 Å². The molecule has 0 rings (SSSR count). The third-order valence-corrected chi connectivity index (χ3v) is 0.787. The average Bonchev–Trinajstić information content (AvgIpc) is 1.99. The Hall–Kier alpha value is -1.42. The van der Waals surface area contributed by atoms with E-state index < -0.39 is 12.1 Å². The maximum atomic E-state index is 8.23. The van der Waals surface area contributed by atoms with Gasteiger partial charge in [-0.05, 0) is 13.8 Å². The standard InChI is InChI=1S/C6H8N4/c1-5(3-7)9-10-6(2)4-8/h5-6H,1-2H3/b10-9+. The van der Waals surface area contributed by atoms with Gasteiger partial charge in [-0.25, -0.2) is 0 Å². The Morgan fingerprint density at radius 2 is 1.30 bits per heavy atom. The average molecular weight is 136 g/mol. The molecule has 0 saturated heterocycles. The monoisotopic (exact) mass is 136 g/mol. The highest BCUT2D eigenvalue weighted by atomic mass is 15.1. The van der Waals surface area contributed by atoms with Crippen LogP contribution in [-0.2, 0) is 0 Å². The number of hydrogen-bond acceptors (Lipinski definition) is 4. The predicted molar refractivity (Wildman–Crippen MR) is 35.0 cm³/mol. The van der Waals surface area contributed by atoms with Crippen LogP contribution in [0.5, 0.6) is 0 Å². The molecular weight excluding hydrogens is 128 g/mol. The summed E-state index contributed by atoms with van der Waals surface area (Å²) in [5.74, 6) is 0. The highest BCUT2D eigenvalue weighted by molar-refractivity contribution is 4.88. The Balaban J connectivity index is 3.81. The Morgan fingerprint density at radius 1 is 1.00 bits per heavy atom. The minimum absolute atomic E-state index is 0.448. The summed E-state index contributed by atoms with van der Waals surface area (Å²) >= 11 is 0. The van der Waals surface area contributed by atoms with Gasteiger partial charge in [-0.1, -0.05) is 0 Å². The van der Waals surface area contributed by atoms with E-state index in [2.05, 4.69) is 10.2 Å². The van der Waals surface area contributed by atoms with E-state index in [9.17, 15) is 0 Å². The van der Waals surface area contributed by atoms with E-state index in [1.807, 2.05) is 12.1 Å². The molecule has 0 aromatic rings. The molecule has 0 aliphatic heterocycles. The molecule has 0 aromatic heterocycles. The second-order valence-corrected chi connectivity index (χ2v) is 1.84. The molecule has 0 radical (unpaired) electrons. The summed E-state index contributed by atoms with van der Waals surface area (Å²) in [6, 6.07) is 2.85. The van der Waals surface area contributed by atoms with Crippen molar-refractivity contribution >= 4 is 0 Å². The summed E-state index contributed by atoms with van der Waals surface area (Å²) in [7, 11) is 0. The normalized spacial score (nSPS) is 15.6. The van der Waals surface area contributed by atoms with Crippen LogP contribution in [0.2, 0.25) is 0 Å². The van der Waals surface area contributed by atoms with Crippen LogP contribution in [0.1, 0.15) is 13.8 Å². The third kappa shape index (κ3) is 3.57. The molecule has 0 amide bonds. The summed E-state index contributed by atoms with van der Waals surface area (Å²) in [6.07, 6.45) is 0. The van der Waals surface area contributed by atoms with Crippen LogP contribution in [0.15, 0.2) is 10.2 Å². The largest absolute Gasteiger partial charge is 0.196 e. The highest BCUT2D eigenvalue weighted by Crippen LogP contribution is 1.92. The summed E-state index contributed by atoms with van der Waals surface area (Å²) in [4.78, 5) is 0. The number of nitriles is 2. The van der Waals surface area contributed by atoms with Crippen LogP contribution in [0.25, 0.3) is 0 Å². The lowest BCUT2D eigenvalue weighted by molar-refractivity contribution is 0.760. The summed E-state index contributed by atoms with van der Waals surface area (Å²) in [6.45, 7) is 3.24. The SMILES string of the molecule is CC(C#N)/N=N/C(C)C#N. The lowest BCUT2D eigenvalue weighted by atomic mass is 10.4. The predicted octanol–water partition coefficient (Wildman–Crippen LogP) is 1.26. The smallest absolute Gasteiger partial charge is 0.154 e. The van der Waals surface area contributed by atoms with Crippen molar-refractivity contribution in [2.24, 2.45) is 10.2 Å². The minimum atomic E-state index is -0.448. The molecule has 2 atom stereocenters. The van der Waals surface area contributed by atoms with Crippen molar-refractivity contribution in [1.82, 2.24) is 0 Å². The Kier molecular flexibility index (Phi) is 3.83. The molecule has 0 aliphatic carbocycles. The van der Waals surface area contributed by atoms with Gasteiger partial charge in [-0.2, -0.15) is 20.8 Å². The lowest BCUT2D eigenvalue weighted by Gasteiger charge is -1.91. The maximum absolute atomic E-state index is 8.23. The number of hydrogen-bond donors (Lipinski definition) is 0. The van der Waals surface area contributed by atoms with Crippen LogP contribution in [0, 0.1) is 22.7 Å². The van der Waals surface area contributed by atoms with Crippen molar-refractivity contribution in [3.05, 3.63) is 0 Å². The van der Waals surface area contributed by atoms with E-state index in [-0.39, 0.29) is 0 Å². The van der Waals surface area contributed by atoms with Gasteiger partial charge in [0.2, 0.25) is 0 Å². The van der Waals surface area contributed by atoms with E-state index in [1.54, 1.807) is 13.8 Å². The first-order chi connectivity index (χ1) is 4.70. The van der Waals surface area contributed by atoms with Crippen molar-refractivity contribution in [3.8, 4) is 12.1 Å². The summed E-state index contributed by atoms with van der Waals surface area (Å²) < 4.78 is 0. The van der Waals surface area contributed by atoms with Gasteiger partial charge in [0, 0.05) is 0 Å². The van der Waals surface area contributed by atoms with E-state index in [1.165, 1.54) is 0 Å². The minimum Gasteiger partial charge on any atom is -0.196 e. The molecule has 0 N–H and O–H groups in total. The van der Waals surface area contributed by atoms with Gasteiger partial charge in [-0.3, -0.25) is 0 Å². The second-order valence-electron chi connectivity index (χ2n) is 1.84. The third-order valence-electron chi connectivity index (χ3n) is 0.787. The van der Waals surface area contributed by atoms with Crippen molar-refractivity contribution in [1.29, 1.82) is 10.5 Å². The molecule has 10 heavy (non-hydrogen) atoms. The van der Waals surface area contributed by atoms with Crippen molar-refractivity contribution in [3.63, 3.8) is 0 Å². The molecule has 0 fully saturated rings. The van der Waals surface area contributed by atoms with Gasteiger partial charge < -0.3 is 0 Å². The van der Waals surface area contributed by atoms with Crippen LogP contribution in [0.3, 0.4) is 0 Å². The van der Waals surface area contributed by atoms with Gasteiger partial charge in [0.25, 0.3) is 0 Å². The highest BCUT2D eigenvalue weighted by Gasteiger charge is 1.96.